The van der Waals surface area contributed by atoms with Crippen molar-refractivity contribution < 1.29 is 4.74 Å². The topological polar surface area (TPSA) is 99.1 Å². The second-order valence-corrected chi connectivity index (χ2v) is 3.97. The summed E-state index contributed by atoms with van der Waals surface area (Å²) in [6, 6.07) is 1.69. The molecule has 2 rings (SSSR count). The van der Waals surface area contributed by atoms with Crippen LogP contribution in [0.4, 0.5) is 17.6 Å². The molecule has 0 aromatic carbocycles. The second-order valence-electron chi connectivity index (χ2n) is 3.97. The predicted octanol–water partition coefficient (Wildman–Crippen LogP) is 0.479. The zero-order valence-electron chi connectivity index (χ0n) is 9.15. The molecule has 88 valence electrons. The molecule has 0 radical (unpaired) electrons. The number of hydrogen-bond acceptors (Lipinski definition) is 6. The van der Waals surface area contributed by atoms with Gasteiger partial charge in [-0.05, 0) is 18.8 Å². The molecule has 0 amide bonds. The normalized spacial score (nSPS) is 17.2. The number of aromatic nitrogens is 2. The molecule has 1 aromatic rings. The summed E-state index contributed by atoms with van der Waals surface area (Å²) >= 11 is 0. The third-order valence-corrected chi connectivity index (χ3v) is 2.68. The molecule has 0 unspecified atom stereocenters. The van der Waals surface area contributed by atoms with Crippen LogP contribution in [0.3, 0.4) is 0 Å². The summed E-state index contributed by atoms with van der Waals surface area (Å²) in [5.74, 6) is 1.92. The molecule has 2 heterocycles. The van der Waals surface area contributed by atoms with Crippen LogP contribution in [0.25, 0.3) is 0 Å². The minimum Gasteiger partial charge on any atom is -0.383 e. The zero-order chi connectivity index (χ0) is 11.4. The smallest absolute Gasteiger partial charge is 0.223 e. The lowest BCUT2D eigenvalue weighted by atomic mass is 10.0. The van der Waals surface area contributed by atoms with Gasteiger partial charge >= 0.3 is 0 Å². The van der Waals surface area contributed by atoms with E-state index in [4.69, 9.17) is 16.2 Å². The molecule has 6 heteroatoms. The molecule has 1 fully saturated rings. The van der Waals surface area contributed by atoms with Gasteiger partial charge in [0, 0.05) is 25.8 Å². The Morgan fingerprint density at radius 2 is 2.06 bits per heavy atom. The molecule has 0 spiro atoms. The molecule has 0 atom stereocenters. The molecular weight excluding hydrogens is 206 g/mol. The summed E-state index contributed by atoms with van der Waals surface area (Å²) in [6.07, 6.45) is 2.17. The Kier molecular flexibility index (Phi) is 3.40. The van der Waals surface area contributed by atoms with E-state index in [1.165, 1.54) is 0 Å². The molecule has 1 aliphatic heterocycles. The molecule has 1 aliphatic rings. The van der Waals surface area contributed by atoms with Gasteiger partial charge in [0.05, 0.1) is 0 Å². The molecule has 16 heavy (non-hydrogen) atoms. The van der Waals surface area contributed by atoms with Gasteiger partial charge in [0.25, 0.3) is 0 Å². The number of anilines is 3. The van der Waals surface area contributed by atoms with Gasteiger partial charge in [-0.15, -0.1) is 0 Å². The fourth-order valence-corrected chi connectivity index (χ4v) is 1.78. The van der Waals surface area contributed by atoms with Crippen LogP contribution < -0.4 is 16.8 Å². The lowest BCUT2D eigenvalue weighted by Gasteiger charge is -2.22. The van der Waals surface area contributed by atoms with Gasteiger partial charge in [-0.1, -0.05) is 0 Å². The Bertz CT molecular complexity index is 331. The molecular formula is C10H17N5O. The number of hydrogen-bond donors (Lipinski definition) is 3. The SMILES string of the molecule is Nc1cc(NCC2CCOCC2)nc(N)n1. The molecule has 6 nitrogen and oxygen atoms in total. The van der Waals surface area contributed by atoms with Crippen molar-refractivity contribution in [2.24, 2.45) is 5.92 Å². The highest BCUT2D eigenvalue weighted by Crippen LogP contribution is 2.16. The lowest BCUT2D eigenvalue weighted by molar-refractivity contribution is 0.0699. The maximum atomic E-state index is 5.58. The first kappa shape index (κ1) is 10.9. The first-order valence-electron chi connectivity index (χ1n) is 5.45. The number of ether oxygens (including phenoxy) is 1. The van der Waals surface area contributed by atoms with Gasteiger partial charge < -0.3 is 21.5 Å². The lowest BCUT2D eigenvalue weighted by Crippen LogP contribution is -2.23. The van der Waals surface area contributed by atoms with Gasteiger partial charge in [0.2, 0.25) is 5.95 Å². The summed E-state index contributed by atoms with van der Waals surface area (Å²) in [7, 11) is 0. The summed E-state index contributed by atoms with van der Waals surface area (Å²) in [6.45, 7) is 2.57. The fraction of sp³-hybridized carbons (Fsp3) is 0.600. The maximum absolute atomic E-state index is 5.58. The highest BCUT2D eigenvalue weighted by molar-refractivity contribution is 5.48. The van der Waals surface area contributed by atoms with E-state index in [9.17, 15) is 0 Å². The summed E-state index contributed by atoms with van der Waals surface area (Å²) in [5, 5.41) is 3.23. The van der Waals surface area contributed by atoms with Crippen LogP contribution in [0.2, 0.25) is 0 Å². The monoisotopic (exact) mass is 223 g/mol. The molecule has 0 saturated carbocycles. The molecule has 1 saturated heterocycles. The van der Waals surface area contributed by atoms with E-state index in [2.05, 4.69) is 15.3 Å². The van der Waals surface area contributed by atoms with E-state index in [0.717, 1.165) is 32.6 Å². The molecule has 5 N–H and O–H groups in total. The van der Waals surface area contributed by atoms with Crippen molar-refractivity contribution in [3.8, 4) is 0 Å². The Morgan fingerprint density at radius 1 is 1.31 bits per heavy atom. The fourth-order valence-electron chi connectivity index (χ4n) is 1.78. The Hall–Kier alpha value is -1.56. The van der Waals surface area contributed by atoms with Crippen molar-refractivity contribution in [1.82, 2.24) is 9.97 Å². The number of nitrogens with zero attached hydrogens (tertiary/aromatic N) is 2. The zero-order valence-corrected chi connectivity index (χ0v) is 9.15. The molecule has 0 bridgehead atoms. The van der Waals surface area contributed by atoms with E-state index in [1.807, 2.05) is 0 Å². The van der Waals surface area contributed by atoms with Crippen molar-refractivity contribution in [3.05, 3.63) is 6.07 Å². The Morgan fingerprint density at radius 3 is 2.75 bits per heavy atom. The molecule has 1 aromatic heterocycles. The van der Waals surface area contributed by atoms with Crippen LogP contribution in [0.5, 0.6) is 0 Å². The first-order valence-corrected chi connectivity index (χ1v) is 5.45. The van der Waals surface area contributed by atoms with Gasteiger partial charge in [-0.2, -0.15) is 9.97 Å². The summed E-state index contributed by atoms with van der Waals surface area (Å²) in [4.78, 5) is 7.88. The molecule has 0 aliphatic carbocycles. The standard InChI is InChI=1S/C10H17N5O/c11-8-5-9(15-10(12)14-8)13-6-7-1-3-16-4-2-7/h5,7H,1-4,6H2,(H5,11,12,13,14,15). The third kappa shape index (κ3) is 2.96. The average Bonchev–Trinajstić information content (AvgIpc) is 2.27. The minimum atomic E-state index is 0.203. The van der Waals surface area contributed by atoms with Gasteiger partial charge in [0.15, 0.2) is 0 Å². The first-order chi connectivity index (χ1) is 7.74. The quantitative estimate of drug-likeness (QED) is 0.689. The van der Waals surface area contributed by atoms with Crippen LogP contribution in [0.15, 0.2) is 6.07 Å². The van der Waals surface area contributed by atoms with E-state index >= 15 is 0 Å². The van der Waals surface area contributed by atoms with Crippen LogP contribution in [-0.4, -0.2) is 29.7 Å². The number of rotatable bonds is 3. The number of nitrogens with two attached hydrogens (primary N) is 2. The van der Waals surface area contributed by atoms with E-state index < -0.39 is 0 Å². The maximum Gasteiger partial charge on any atom is 0.223 e. The summed E-state index contributed by atoms with van der Waals surface area (Å²) in [5.41, 5.74) is 11.1. The highest BCUT2D eigenvalue weighted by Gasteiger charge is 2.13. The van der Waals surface area contributed by atoms with Crippen LogP contribution in [-0.2, 0) is 4.74 Å². The highest BCUT2D eigenvalue weighted by atomic mass is 16.5. The van der Waals surface area contributed by atoms with Crippen molar-refractivity contribution in [3.63, 3.8) is 0 Å². The van der Waals surface area contributed by atoms with Crippen molar-refractivity contribution in [2.45, 2.75) is 12.8 Å². The van der Waals surface area contributed by atoms with E-state index in [0.29, 0.717) is 17.6 Å². The van der Waals surface area contributed by atoms with Crippen molar-refractivity contribution >= 4 is 17.6 Å². The largest absolute Gasteiger partial charge is 0.383 e. The Balaban J connectivity index is 1.88. The summed E-state index contributed by atoms with van der Waals surface area (Å²) < 4.78 is 5.30. The van der Waals surface area contributed by atoms with E-state index in [-0.39, 0.29) is 5.95 Å². The minimum absolute atomic E-state index is 0.203. The van der Waals surface area contributed by atoms with Crippen LogP contribution in [0, 0.1) is 5.92 Å². The van der Waals surface area contributed by atoms with Crippen LogP contribution >= 0.6 is 0 Å². The van der Waals surface area contributed by atoms with Gasteiger partial charge in [0.1, 0.15) is 11.6 Å². The number of nitrogen functional groups attached to an aromatic ring is 2. The van der Waals surface area contributed by atoms with Crippen molar-refractivity contribution in [1.29, 1.82) is 0 Å². The van der Waals surface area contributed by atoms with E-state index in [1.54, 1.807) is 6.07 Å². The van der Waals surface area contributed by atoms with Gasteiger partial charge in [-0.25, -0.2) is 0 Å². The second kappa shape index (κ2) is 4.98. The van der Waals surface area contributed by atoms with Crippen LogP contribution in [0.1, 0.15) is 12.8 Å². The predicted molar refractivity (Wildman–Crippen MR) is 62.9 cm³/mol. The average molecular weight is 223 g/mol. The van der Waals surface area contributed by atoms with Gasteiger partial charge in [-0.3, -0.25) is 0 Å². The Labute approximate surface area is 94.4 Å². The third-order valence-electron chi connectivity index (χ3n) is 2.68. The number of nitrogens with one attached hydrogen (secondary N) is 1. The van der Waals surface area contributed by atoms with Crippen molar-refractivity contribution in [2.75, 3.05) is 36.5 Å².